The maximum atomic E-state index is 12.4. The van der Waals surface area contributed by atoms with Crippen molar-refractivity contribution in [3.63, 3.8) is 0 Å². The summed E-state index contributed by atoms with van der Waals surface area (Å²) in [6.45, 7) is 3.73. The molecule has 160 valence electrons. The van der Waals surface area contributed by atoms with Gasteiger partial charge in [0.05, 0.1) is 6.54 Å². The van der Waals surface area contributed by atoms with Crippen LogP contribution in [0.3, 0.4) is 0 Å². The Morgan fingerprint density at radius 2 is 1.40 bits per heavy atom. The molecule has 2 amide bonds. The third-order valence-corrected chi connectivity index (χ3v) is 4.26. The summed E-state index contributed by atoms with van der Waals surface area (Å²) in [5.74, 6) is 0.00164. The second-order valence-corrected chi connectivity index (χ2v) is 6.51. The molecule has 2 N–H and O–H groups in total. The summed E-state index contributed by atoms with van der Waals surface area (Å²) in [5.41, 5.74) is 0. The number of esters is 1. The average Bonchev–Trinajstić information content (AvgIpc) is 2.75. The van der Waals surface area contributed by atoms with E-state index in [1.807, 2.05) is 19.9 Å². The van der Waals surface area contributed by atoms with Crippen molar-refractivity contribution in [2.24, 2.45) is 5.92 Å². The van der Waals surface area contributed by atoms with Crippen LogP contribution < -0.4 is 20.1 Å². The van der Waals surface area contributed by atoms with Gasteiger partial charge in [0.15, 0.2) is 0 Å². The summed E-state index contributed by atoms with van der Waals surface area (Å²) < 4.78 is 15.4. The summed E-state index contributed by atoms with van der Waals surface area (Å²) in [4.78, 5) is 36.3. The molecule has 0 aliphatic carbocycles. The quantitative estimate of drug-likeness (QED) is 0.481. The first-order valence-corrected chi connectivity index (χ1v) is 9.70. The van der Waals surface area contributed by atoms with E-state index in [1.54, 1.807) is 54.6 Å². The predicted octanol–water partition coefficient (Wildman–Crippen LogP) is 3.52. The van der Waals surface area contributed by atoms with Crippen molar-refractivity contribution in [1.82, 2.24) is 10.6 Å². The number of hydrogen-bond donors (Lipinski definition) is 2. The van der Waals surface area contributed by atoms with Gasteiger partial charge in [-0.25, -0.2) is 14.4 Å². The number of rotatable bonds is 9. The zero-order chi connectivity index (χ0) is 21.8. The van der Waals surface area contributed by atoms with Gasteiger partial charge in [-0.05, 0) is 30.2 Å². The molecule has 2 aromatic rings. The van der Waals surface area contributed by atoms with E-state index in [0.29, 0.717) is 17.9 Å². The molecule has 2 unspecified atom stereocenters. The number of hydrogen-bond acceptors (Lipinski definition) is 6. The van der Waals surface area contributed by atoms with Crippen molar-refractivity contribution in [1.29, 1.82) is 0 Å². The lowest BCUT2D eigenvalue weighted by atomic mass is 9.99. The lowest BCUT2D eigenvalue weighted by molar-refractivity contribution is -0.147. The van der Waals surface area contributed by atoms with E-state index in [2.05, 4.69) is 10.6 Å². The highest BCUT2D eigenvalue weighted by Crippen LogP contribution is 2.12. The van der Waals surface area contributed by atoms with Gasteiger partial charge in [-0.2, -0.15) is 0 Å². The minimum atomic E-state index is -0.873. The SMILES string of the molecule is CCC(C)C(NC(=O)Oc1ccccc1)C(=O)OCCNC(=O)Oc1ccccc1. The molecule has 0 bridgehead atoms. The van der Waals surface area contributed by atoms with E-state index < -0.39 is 24.2 Å². The van der Waals surface area contributed by atoms with E-state index >= 15 is 0 Å². The molecule has 8 heteroatoms. The smallest absolute Gasteiger partial charge is 0.413 e. The van der Waals surface area contributed by atoms with Crippen LogP contribution in [0.2, 0.25) is 0 Å². The largest absolute Gasteiger partial charge is 0.462 e. The van der Waals surface area contributed by atoms with Gasteiger partial charge in [0.25, 0.3) is 0 Å². The molecular formula is C22H26N2O6. The minimum Gasteiger partial charge on any atom is -0.462 e. The van der Waals surface area contributed by atoms with E-state index in [4.69, 9.17) is 14.2 Å². The van der Waals surface area contributed by atoms with Crippen molar-refractivity contribution < 1.29 is 28.6 Å². The first-order chi connectivity index (χ1) is 14.5. The Labute approximate surface area is 175 Å². The number of nitrogens with one attached hydrogen (secondary N) is 2. The molecule has 0 aliphatic rings. The van der Waals surface area contributed by atoms with Crippen LogP contribution >= 0.6 is 0 Å². The predicted molar refractivity (Wildman–Crippen MR) is 110 cm³/mol. The summed E-state index contributed by atoms with van der Waals surface area (Å²) in [6, 6.07) is 16.3. The highest BCUT2D eigenvalue weighted by molar-refractivity contribution is 5.82. The van der Waals surface area contributed by atoms with Crippen LogP contribution in [-0.2, 0) is 9.53 Å². The van der Waals surface area contributed by atoms with Crippen LogP contribution in [0.15, 0.2) is 60.7 Å². The second kappa shape index (κ2) is 12.1. The highest BCUT2D eigenvalue weighted by Gasteiger charge is 2.28. The first kappa shape index (κ1) is 22.7. The van der Waals surface area contributed by atoms with Gasteiger partial charge in [-0.15, -0.1) is 0 Å². The first-order valence-electron chi connectivity index (χ1n) is 9.70. The Morgan fingerprint density at radius 1 is 0.867 bits per heavy atom. The molecular weight excluding hydrogens is 388 g/mol. The summed E-state index contributed by atoms with van der Waals surface area (Å²) in [7, 11) is 0. The molecule has 30 heavy (non-hydrogen) atoms. The molecule has 0 saturated carbocycles. The zero-order valence-electron chi connectivity index (χ0n) is 17.0. The third-order valence-electron chi connectivity index (χ3n) is 4.26. The molecule has 0 aromatic heterocycles. The van der Waals surface area contributed by atoms with Crippen LogP contribution in [0.1, 0.15) is 20.3 Å². The molecule has 0 radical (unpaired) electrons. The Kier molecular flexibility index (Phi) is 9.18. The fourth-order valence-electron chi connectivity index (χ4n) is 2.45. The fourth-order valence-corrected chi connectivity index (χ4v) is 2.45. The average molecular weight is 414 g/mol. The van der Waals surface area contributed by atoms with Crippen molar-refractivity contribution in [3.8, 4) is 11.5 Å². The normalized spacial score (nSPS) is 12.2. The Balaban J connectivity index is 1.77. The van der Waals surface area contributed by atoms with E-state index in [0.717, 1.165) is 0 Å². The van der Waals surface area contributed by atoms with E-state index in [-0.39, 0.29) is 19.1 Å². The molecule has 0 heterocycles. The van der Waals surface area contributed by atoms with Gasteiger partial charge in [0.1, 0.15) is 24.1 Å². The Morgan fingerprint density at radius 3 is 1.93 bits per heavy atom. The summed E-state index contributed by atoms with van der Waals surface area (Å²) in [5, 5.41) is 5.04. The number of carbonyl (C=O) groups excluding carboxylic acids is 3. The molecule has 8 nitrogen and oxygen atoms in total. The van der Waals surface area contributed by atoms with Crippen LogP contribution in [0, 0.1) is 5.92 Å². The number of amides is 2. The van der Waals surface area contributed by atoms with Gasteiger partial charge in [-0.3, -0.25) is 0 Å². The van der Waals surface area contributed by atoms with Crippen LogP contribution in [0.4, 0.5) is 9.59 Å². The van der Waals surface area contributed by atoms with Crippen molar-refractivity contribution in [2.75, 3.05) is 13.2 Å². The van der Waals surface area contributed by atoms with Crippen molar-refractivity contribution in [2.45, 2.75) is 26.3 Å². The molecule has 2 rings (SSSR count). The van der Waals surface area contributed by atoms with Crippen molar-refractivity contribution in [3.05, 3.63) is 60.7 Å². The molecule has 0 fully saturated rings. The summed E-state index contributed by atoms with van der Waals surface area (Å²) >= 11 is 0. The number of benzene rings is 2. The Bertz CT molecular complexity index is 813. The molecule has 2 aromatic carbocycles. The van der Waals surface area contributed by atoms with Gasteiger partial charge >= 0.3 is 18.2 Å². The molecule has 0 saturated heterocycles. The molecule has 2 atom stereocenters. The lowest BCUT2D eigenvalue weighted by Gasteiger charge is -2.22. The lowest BCUT2D eigenvalue weighted by Crippen LogP contribution is -2.47. The van der Waals surface area contributed by atoms with Gasteiger partial charge < -0.3 is 24.8 Å². The monoisotopic (exact) mass is 414 g/mol. The van der Waals surface area contributed by atoms with Crippen molar-refractivity contribution >= 4 is 18.2 Å². The van der Waals surface area contributed by atoms with E-state index in [1.165, 1.54) is 0 Å². The maximum Gasteiger partial charge on any atom is 0.413 e. The molecule has 0 aliphatic heterocycles. The summed E-state index contributed by atoms with van der Waals surface area (Å²) in [6.07, 6.45) is -0.749. The standard InChI is InChI=1S/C22H26N2O6/c1-3-16(2)19(24-22(27)30-18-12-8-5-9-13-18)20(25)28-15-14-23-21(26)29-17-10-6-4-7-11-17/h4-13,16,19H,3,14-15H2,1-2H3,(H,23,26)(H,24,27). The van der Waals surface area contributed by atoms with Crippen LogP contribution in [0.25, 0.3) is 0 Å². The Hall–Kier alpha value is -3.55. The van der Waals surface area contributed by atoms with Crippen LogP contribution in [-0.4, -0.2) is 37.3 Å². The fraction of sp³-hybridized carbons (Fsp3) is 0.318. The van der Waals surface area contributed by atoms with Gasteiger partial charge in [-0.1, -0.05) is 56.7 Å². The zero-order valence-corrected chi connectivity index (χ0v) is 17.0. The van der Waals surface area contributed by atoms with Gasteiger partial charge in [0.2, 0.25) is 0 Å². The number of ether oxygens (including phenoxy) is 3. The second-order valence-electron chi connectivity index (χ2n) is 6.51. The highest BCUT2D eigenvalue weighted by atomic mass is 16.6. The number of para-hydroxylation sites is 2. The topological polar surface area (TPSA) is 103 Å². The van der Waals surface area contributed by atoms with E-state index in [9.17, 15) is 14.4 Å². The number of carbonyl (C=O) groups is 3. The minimum absolute atomic E-state index is 0.0644. The molecule has 0 spiro atoms. The third kappa shape index (κ3) is 7.83. The van der Waals surface area contributed by atoms with Gasteiger partial charge in [0, 0.05) is 0 Å². The van der Waals surface area contributed by atoms with Crippen LogP contribution in [0.5, 0.6) is 11.5 Å². The maximum absolute atomic E-state index is 12.4.